The van der Waals surface area contributed by atoms with Crippen molar-refractivity contribution in [2.45, 2.75) is 26.4 Å². The molecule has 0 aliphatic rings. The lowest BCUT2D eigenvalue weighted by Crippen LogP contribution is -2.18. The van der Waals surface area contributed by atoms with Crippen molar-refractivity contribution in [3.05, 3.63) is 27.8 Å². The number of methoxy groups -OCH3 is 1. The summed E-state index contributed by atoms with van der Waals surface area (Å²) in [6, 6.07) is 0.231. The van der Waals surface area contributed by atoms with Gasteiger partial charge in [0.2, 0.25) is 5.88 Å². The highest BCUT2D eigenvalue weighted by Crippen LogP contribution is 2.22. The lowest BCUT2D eigenvalue weighted by Gasteiger charge is -2.11. The Labute approximate surface area is 111 Å². The summed E-state index contributed by atoms with van der Waals surface area (Å²) in [6.45, 7) is 4.83. The number of rotatable bonds is 5. The molecule has 0 fully saturated rings. The van der Waals surface area contributed by atoms with E-state index in [0.29, 0.717) is 0 Å². The average Bonchev–Trinajstić information content (AvgIpc) is 2.94. The third-order valence-electron chi connectivity index (χ3n) is 2.89. The van der Waals surface area contributed by atoms with Crippen LogP contribution in [0.3, 0.4) is 0 Å². The van der Waals surface area contributed by atoms with Gasteiger partial charge in [-0.15, -0.1) is 11.3 Å². The van der Waals surface area contributed by atoms with E-state index in [2.05, 4.69) is 22.3 Å². The van der Waals surface area contributed by atoms with Crippen LogP contribution < -0.4 is 10.1 Å². The maximum absolute atomic E-state index is 5.37. The molecular formula is C12H18N4OS. The Balaban J connectivity index is 2.06. The molecule has 1 N–H and O–H groups in total. The van der Waals surface area contributed by atoms with Crippen LogP contribution in [-0.2, 0) is 13.6 Å². The summed E-state index contributed by atoms with van der Waals surface area (Å²) in [6.07, 6.45) is 1.83. The fraction of sp³-hybridized carbons (Fsp3) is 0.500. The number of hydrogen-bond acceptors (Lipinski definition) is 5. The van der Waals surface area contributed by atoms with Gasteiger partial charge in [-0.3, -0.25) is 0 Å². The van der Waals surface area contributed by atoms with Crippen molar-refractivity contribution in [2.75, 3.05) is 7.11 Å². The third-order valence-corrected chi connectivity index (χ3v) is 3.85. The highest BCUT2D eigenvalue weighted by Gasteiger charge is 2.15. The molecule has 5 nitrogen and oxygen atoms in total. The van der Waals surface area contributed by atoms with Gasteiger partial charge in [0.15, 0.2) is 0 Å². The minimum absolute atomic E-state index is 0.231. The molecule has 2 rings (SSSR count). The van der Waals surface area contributed by atoms with Crippen LogP contribution in [0.4, 0.5) is 0 Å². The Morgan fingerprint density at radius 1 is 1.56 bits per heavy atom. The summed E-state index contributed by atoms with van der Waals surface area (Å²) < 4.78 is 7.13. The van der Waals surface area contributed by atoms with Gasteiger partial charge in [-0.2, -0.15) is 5.10 Å². The maximum atomic E-state index is 5.37. The summed E-state index contributed by atoms with van der Waals surface area (Å²) in [4.78, 5) is 4.30. The van der Waals surface area contributed by atoms with Gasteiger partial charge in [0.05, 0.1) is 24.4 Å². The Morgan fingerprint density at radius 2 is 2.33 bits per heavy atom. The van der Waals surface area contributed by atoms with E-state index in [1.54, 1.807) is 23.1 Å². The number of nitrogens with one attached hydrogen (secondary N) is 1. The zero-order valence-electron chi connectivity index (χ0n) is 11.1. The number of aryl methyl sites for hydroxylation is 2. The van der Waals surface area contributed by atoms with Gasteiger partial charge in [-0.05, 0) is 13.8 Å². The van der Waals surface area contributed by atoms with Gasteiger partial charge in [0.25, 0.3) is 0 Å². The standard InChI is InChI=1S/C12H18N4OS/c1-8-10(12(17-4)16(3)15-8)7-14-9(2)11-13-5-6-18-11/h5-6,9,14H,7H2,1-4H3. The Bertz CT molecular complexity index is 506. The monoisotopic (exact) mass is 266 g/mol. The molecule has 2 aromatic heterocycles. The van der Waals surface area contributed by atoms with Gasteiger partial charge >= 0.3 is 0 Å². The highest BCUT2D eigenvalue weighted by molar-refractivity contribution is 7.09. The normalized spacial score (nSPS) is 12.7. The summed E-state index contributed by atoms with van der Waals surface area (Å²) in [7, 11) is 3.56. The average molecular weight is 266 g/mol. The minimum atomic E-state index is 0.231. The maximum Gasteiger partial charge on any atom is 0.216 e. The molecular weight excluding hydrogens is 248 g/mol. The van der Waals surface area contributed by atoms with E-state index in [9.17, 15) is 0 Å². The second-order valence-electron chi connectivity index (χ2n) is 4.17. The van der Waals surface area contributed by atoms with Crippen LogP contribution in [0.2, 0.25) is 0 Å². The highest BCUT2D eigenvalue weighted by atomic mass is 32.1. The Hall–Kier alpha value is -1.40. The molecule has 0 radical (unpaired) electrons. The molecule has 0 bridgehead atoms. The first-order valence-corrected chi connectivity index (χ1v) is 6.70. The van der Waals surface area contributed by atoms with Crippen LogP contribution in [0.5, 0.6) is 5.88 Å². The Kier molecular flexibility index (Phi) is 3.98. The smallest absolute Gasteiger partial charge is 0.216 e. The quantitative estimate of drug-likeness (QED) is 0.900. The van der Waals surface area contributed by atoms with Crippen LogP contribution in [0, 0.1) is 6.92 Å². The van der Waals surface area contributed by atoms with E-state index in [-0.39, 0.29) is 6.04 Å². The van der Waals surface area contributed by atoms with Gasteiger partial charge in [-0.25, -0.2) is 9.67 Å². The lowest BCUT2D eigenvalue weighted by atomic mass is 10.2. The predicted octanol–water partition coefficient (Wildman–Crippen LogP) is 2.04. The fourth-order valence-corrected chi connectivity index (χ4v) is 2.60. The molecule has 2 heterocycles. The van der Waals surface area contributed by atoms with Gasteiger partial charge in [0.1, 0.15) is 5.01 Å². The largest absolute Gasteiger partial charge is 0.481 e. The molecule has 2 aromatic rings. The van der Waals surface area contributed by atoms with Crippen LogP contribution >= 0.6 is 11.3 Å². The summed E-state index contributed by atoms with van der Waals surface area (Å²) >= 11 is 1.66. The number of nitrogens with zero attached hydrogens (tertiary/aromatic N) is 3. The molecule has 1 unspecified atom stereocenters. The van der Waals surface area contributed by atoms with E-state index in [4.69, 9.17) is 4.74 Å². The van der Waals surface area contributed by atoms with Crippen molar-refractivity contribution >= 4 is 11.3 Å². The van der Waals surface area contributed by atoms with Crippen molar-refractivity contribution in [1.29, 1.82) is 0 Å². The number of hydrogen-bond donors (Lipinski definition) is 1. The molecule has 98 valence electrons. The van der Waals surface area contributed by atoms with E-state index >= 15 is 0 Å². The Morgan fingerprint density at radius 3 is 2.94 bits per heavy atom. The molecule has 0 aromatic carbocycles. The second kappa shape index (κ2) is 5.49. The van der Waals surface area contributed by atoms with Crippen LogP contribution in [0.25, 0.3) is 0 Å². The van der Waals surface area contributed by atoms with E-state index in [1.165, 1.54) is 0 Å². The molecule has 0 amide bonds. The van der Waals surface area contributed by atoms with Crippen LogP contribution in [0.1, 0.15) is 29.2 Å². The van der Waals surface area contributed by atoms with Crippen molar-refractivity contribution < 1.29 is 4.74 Å². The van der Waals surface area contributed by atoms with Crippen molar-refractivity contribution in [2.24, 2.45) is 7.05 Å². The van der Waals surface area contributed by atoms with E-state index < -0.39 is 0 Å². The van der Waals surface area contributed by atoms with E-state index in [0.717, 1.165) is 28.7 Å². The van der Waals surface area contributed by atoms with Crippen molar-refractivity contribution in [3.63, 3.8) is 0 Å². The van der Waals surface area contributed by atoms with Gasteiger partial charge in [-0.1, -0.05) is 0 Å². The zero-order chi connectivity index (χ0) is 13.1. The summed E-state index contributed by atoms with van der Waals surface area (Å²) in [5.74, 6) is 0.811. The third kappa shape index (κ3) is 2.54. The van der Waals surface area contributed by atoms with Crippen molar-refractivity contribution in [3.8, 4) is 5.88 Å². The SMILES string of the molecule is COc1c(CNC(C)c2nccs2)c(C)nn1C. The van der Waals surface area contributed by atoms with Crippen LogP contribution in [-0.4, -0.2) is 21.9 Å². The lowest BCUT2D eigenvalue weighted by molar-refractivity contribution is 0.367. The number of ether oxygens (including phenoxy) is 1. The molecule has 0 aliphatic heterocycles. The topological polar surface area (TPSA) is 52.0 Å². The fourth-order valence-electron chi connectivity index (χ4n) is 1.93. The first kappa shape index (κ1) is 13.0. The molecule has 0 aliphatic carbocycles. The van der Waals surface area contributed by atoms with E-state index in [1.807, 2.05) is 25.5 Å². The molecule has 6 heteroatoms. The molecule has 1 atom stereocenters. The summed E-state index contributed by atoms with van der Waals surface area (Å²) in [5, 5.41) is 10.9. The second-order valence-corrected chi connectivity index (χ2v) is 5.10. The van der Waals surface area contributed by atoms with Gasteiger partial charge in [0, 0.05) is 25.2 Å². The first-order chi connectivity index (χ1) is 8.63. The zero-order valence-corrected chi connectivity index (χ0v) is 11.9. The van der Waals surface area contributed by atoms with Crippen molar-refractivity contribution in [1.82, 2.24) is 20.1 Å². The van der Waals surface area contributed by atoms with Gasteiger partial charge < -0.3 is 10.1 Å². The molecule has 0 saturated heterocycles. The first-order valence-electron chi connectivity index (χ1n) is 5.82. The summed E-state index contributed by atoms with van der Waals surface area (Å²) in [5.41, 5.74) is 2.09. The number of aromatic nitrogens is 3. The predicted molar refractivity (Wildman–Crippen MR) is 71.9 cm³/mol. The minimum Gasteiger partial charge on any atom is -0.481 e. The van der Waals surface area contributed by atoms with Crippen LogP contribution in [0.15, 0.2) is 11.6 Å². The molecule has 18 heavy (non-hydrogen) atoms. The molecule has 0 spiro atoms. The molecule has 0 saturated carbocycles. The number of thiazole rings is 1.